The van der Waals surface area contributed by atoms with E-state index >= 15 is 0 Å². The molecule has 0 saturated carbocycles. The summed E-state index contributed by atoms with van der Waals surface area (Å²) < 4.78 is 5.09. The van der Waals surface area contributed by atoms with Crippen molar-refractivity contribution in [3.05, 3.63) is 29.3 Å². The van der Waals surface area contributed by atoms with Gasteiger partial charge in [0.25, 0.3) is 5.91 Å². The van der Waals surface area contributed by atoms with Gasteiger partial charge < -0.3 is 15.2 Å². The molecule has 0 fully saturated rings. The average Bonchev–Trinajstić information content (AvgIpc) is 2.28. The second kappa shape index (κ2) is 5.08. The van der Waals surface area contributed by atoms with Crippen LogP contribution >= 0.6 is 0 Å². The Morgan fingerprint density at radius 2 is 1.94 bits per heavy atom. The van der Waals surface area contributed by atoms with Gasteiger partial charge in [-0.3, -0.25) is 4.79 Å². The van der Waals surface area contributed by atoms with Crippen LogP contribution in [0.15, 0.2) is 18.2 Å². The number of aliphatic carboxylic acids is 1. The Balaban J connectivity index is 3.04. The van der Waals surface area contributed by atoms with Gasteiger partial charge in [-0.1, -0.05) is 11.6 Å². The SMILES string of the molecule is COc1ccc(C)cc1C(=O)NC(C)(C)C(=O)O. The third-order valence-electron chi connectivity index (χ3n) is 2.56. The fourth-order valence-corrected chi connectivity index (χ4v) is 1.40. The van der Waals surface area contributed by atoms with E-state index in [2.05, 4.69) is 5.32 Å². The lowest BCUT2D eigenvalue weighted by Crippen LogP contribution is -2.49. The largest absolute Gasteiger partial charge is 0.496 e. The minimum atomic E-state index is -1.33. The summed E-state index contributed by atoms with van der Waals surface area (Å²) in [7, 11) is 1.46. The van der Waals surface area contributed by atoms with E-state index in [0.717, 1.165) is 5.56 Å². The second-order valence-corrected chi connectivity index (χ2v) is 4.59. The molecule has 0 aliphatic carbocycles. The van der Waals surface area contributed by atoms with Crippen LogP contribution in [-0.4, -0.2) is 29.6 Å². The number of carboxylic acids is 1. The first-order chi connectivity index (χ1) is 8.27. The van der Waals surface area contributed by atoms with Gasteiger partial charge in [0.15, 0.2) is 0 Å². The highest BCUT2D eigenvalue weighted by molar-refractivity contribution is 5.99. The zero-order chi connectivity index (χ0) is 13.9. The lowest BCUT2D eigenvalue weighted by molar-refractivity contribution is -0.143. The van der Waals surface area contributed by atoms with Crippen LogP contribution in [0, 0.1) is 6.92 Å². The van der Waals surface area contributed by atoms with Crippen LogP contribution < -0.4 is 10.1 Å². The number of carbonyl (C=O) groups is 2. The molecule has 5 nitrogen and oxygen atoms in total. The molecule has 0 saturated heterocycles. The number of carbonyl (C=O) groups excluding carboxylic acids is 1. The summed E-state index contributed by atoms with van der Waals surface area (Å²) in [5.74, 6) is -1.15. The number of hydrogen-bond donors (Lipinski definition) is 2. The van der Waals surface area contributed by atoms with Crippen LogP contribution in [0.2, 0.25) is 0 Å². The fraction of sp³-hybridized carbons (Fsp3) is 0.385. The molecule has 18 heavy (non-hydrogen) atoms. The van der Waals surface area contributed by atoms with Gasteiger partial charge in [0.2, 0.25) is 0 Å². The normalized spacial score (nSPS) is 10.9. The van der Waals surface area contributed by atoms with E-state index in [1.165, 1.54) is 21.0 Å². The van der Waals surface area contributed by atoms with E-state index < -0.39 is 17.4 Å². The summed E-state index contributed by atoms with van der Waals surface area (Å²) in [5, 5.41) is 11.4. The van der Waals surface area contributed by atoms with Gasteiger partial charge >= 0.3 is 5.97 Å². The third-order valence-corrected chi connectivity index (χ3v) is 2.56. The van der Waals surface area contributed by atoms with Gasteiger partial charge in [-0.2, -0.15) is 0 Å². The Labute approximate surface area is 106 Å². The first-order valence-corrected chi connectivity index (χ1v) is 5.48. The van der Waals surface area contributed by atoms with Gasteiger partial charge in [0, 0.05) is 0 Å². The van der Waals surface area contributed by atoms with Crippen LogP contribution in [0.4, 0.5) is 0 Å². The lowest BCUT2D eigenvalue weighted by atomic mass is 10.0. The molecule has 1 aromatic rings. The third kappa shape index (κ3) is 3.00. The Bertz CT molecular complexity index is 480. The smallest absolute Gasteiger partial charge is 0.328 e. The molecule has 0 aromatic heterocycles. The molecule has 0 spiro atoms. The summed E-state index contributed by atoms with van der Waals surface area (Å²) in [4.78, 5) is 23.0. The Morgan fingerprint density at radius 1 is 1.33 bits per heavy atom. The monoisotopic (exact) mass is 251 g/mol. The van der Waals surface area contributed by atoms with Gasteiger partial charge in [-0.15, -0.1) is 0 Å². The van der Waals surface area contributed by atoms with Gasteiger partial charge in [0.1, 0.15) is 11.3 Å². The fourth-order valence-electron chi connectivity index (χ4n) is 1.40. The van der Waals surface area contributed by atoms with Crippen molar-refractivity contribution >= 4 is 11.9 Å². The molecule has 0 radical (unpaired) electrons. The highest BCUT2D eigenvalue weighted by Crippen LogP contribution is 2.20. The molecular weight excluding hydrogens is 234 g/mol. The zero-order valence-corrected chi connectivity index (χ0v) is 10.9. The van der Waals surface area contributed by atoms with Crippen LogP contribution in [0.3, 0.4) is 0 Å². The molecule has 1 rings (SSSR count). The van der Waals surface area contributed by atoms with Crippen LogP contribution in [0.5, 0.6) is 5.75 Å². The van der Waals surface area contributed by atoms with Crippen LogP contribution in [0.1, 0.15) is 29.8 Å². The van der Waals surface area contributed by atoms with E-state index in [1.807, 2.05) is 13.0 Å². The van der Waals surface area contributed by atoms with Crippen molar-refractivity contribution in [2.75, 3.05) is 7.11 Å². The minimum absolute atomic E-state index is 0.326. The zero-order valence-electron chi connectivity index (χ0n) is 10.9. The van der Waals surface area contributed by atoms with Crippen molar-refractivity contribution in [1.29, 1.82) is 0 Å². The number of amides is 1. The number of ether oxygens (including phenoxy) is 1. The topological polar surface area (TPSA) is 75.6 Å². The van der Waals surface area contributed by atoms with Crippen molar-refractivity contribution < 1.29 is 19.4 Å². The first-order valence-electron chi connectivity index (χ1n) is 5.48. The molecule has 0 unspecified atom stereocenters. The van der Waals surface area contributed by atoms with E-state index in [0.29, 0.717) is 11.3 Å². The van der Waals surface area contributed by atoms with E-state index in [9.17, 15) is 9.59 Å². The van der Waals surface area contributed by atoms with Gasteiger partial charge in [-0.25, -0.2) is 4.79 Å². The van der Waals surface area contributed by atoms with Crippen molar-refractivity contribution in [1.82, 2.24) is 5.32 Å². The summed E-state index contributed by atoms with van der Waals surface area (Å²) in [5.41, 5.74) is -0.104. The molecule has 5 heteroatoms. The number of aryl methyl sites for hydroxylation is 1. The Morgan fingerprint density at radius 3 is 2.44 bits per heavy atom. The van der Waals surface area contributed by atoms with Crippen molar-refractivity contribution in [2.24, 2.45) is 0 Å². The Kier molecular flexibility index (Phi) is 3.96. The van der Waals surface area contributed by atoms with Gasteiger partial charge in [0.05, 0.1) is 12.7 Å². The minimum Gasteiger partial charge on any atom is -0.496 e. The lowest BCUT2D eigenvalue weighted by Gasteiger charge is -2.21. The second-order valence-electron chi connectivity index (χ2n) is 4.59. The maximum absolute atomic E-state index is 12.0. The molecule has 1 aromatic carbocycles. The molecule has 98 valence electrons. The van der Waals surface area contributed by atoms with E-state index in [4.69, 9.17) is 9.84 Å². The summed E-state index contributed by atoms with van der Waals surface area (Å²) in [6, 6.07) is 5.15. The van der Waals surface area contributed by atoms with Crippen LogP contribution in [0.25, 0.3) is 0 Å². The summed E-state index contributed by atoms with van der Waals surface area (Å²) in [6.07, 6.45) is 0. The van der Waals surface area contributed by atoms with Crippen molar-refractivity contribution in [3.8, 4) is 5.75 Å². The Hall–Kier alpha value is -2.04. The molecular formula is C13H17NO4. The number of rotatable bonds is 4. The van der Waals surface area contributed by atoms with E-state index in [1.54, 1.807) is 12.1 Å². The number of nitrogens with one attached hydrogen (secondary N) is 1. The summed E-state index contributed by atoms with van der Waals surface area (Å²) in [6.45, 7) is 4.70. The molecule has 1 amide bonds. The number of carboxylic acid groups (broad SMARTS) is 1. The first kappa shape index (κ1) is 14.0. The standard InChI is InChI=1S/C13H17NO4/c1-8-5-6-10(18-4)9(7-8)11(15)14-13(2,3)12(16)17/h5-7H,1-4H3,(H,14,15)(H,16,17). The predicted octanol–water partition coefficient (Wildman–Crippen LogP) is 1.60. The maximum Gasteiger partial charge on any atom is 0.328 e. The van der Waals surface area contributed by atoms with Crippen molar-refractivity contribution in [3.63, 3.8) is 0 Å². The maximum atomic E-state index is 12.0. The average molecular weight is 251 g/mol. The molecule has 0 aliphatic rings. The number of benzene rings is 1. The molecule has 0 bridgehead atoms. The predicted molar refractivity (Wildman–Crippen MR) is 66.9 cm³/mol. The number of methoxy groups -OCH3 is 1. The van der Waals surface area contributed by atoms with Gasteiger partial charge in [-0.05, 0) is 32.9 Å². The highest BCUT2D eigenvalue weighted by Gasteiger charge is 2.30. The van der Waals surface area contributed by atoms with Crippen molar-refractivity contribution in [2.45, 2.75) is 26.3 Å². The summed E-state index contributed by atoms with van der Waals surface area (Å²) >= 11 is 0. The number of hydrogen-bond acceptors (Lipinski definition) is 3. The van der Waals surface area contributed by atoms with Crippen LogP contribution in [-0.2, 0) is 4.79 Å². The molecule has 0 heterocycles. The highest BCUT2D eigenvalue weighted by atomic mass is 16.5. The quantitative estimate of drug-likeness (QED) is 0.852. The van der Waals surface area contributed by atoms with E-state index in [-0.39, 0.29) is 0 Å². The molecule has 0 aliphatic heterocycles. The molecule has 2 N–H and O–H groups in total. The molecule has 0 atom stereocenters.